The van der Waals surface area contributed by atoms with Crippen molar-refractivity contribution < 1.29 is 13.2 Å². The lowest BCUT2D eigenvalue weighted by molar-refractivity contribution is 0.410. The molecule has 0 fully saturated rings. The van der Waals surface area contributed by atoms with E-state index in [2.05, 4.69) is 15.6 Å². The fourth-order valence-electron chi connectivity index (χ4n) is 2.12. The first-order valence-electron chi connectivity index (χ1n) is 7.69. The van der Waals surface area contributed by atoms with E-state index < -0.39 is 10.0 Å². The zero-order valence-electron chi connectivity index (χ0n) is 14.2. The summed E-state index contributed by atoms with van der Waals surface area (Å²) in [6, 6.07) is 11.0. The van der Waals surface area contributed by atoms with Gasteiger partial charge in [-0.05, 0) is 25.1 Å². The number of rotatable bonds is 7. The summed E-state index contributed by atoms with van der Waals surface area (Å²) in [5, 5.41) is 11.5. The molecule has 0 amide bonds. The largest absolute Gasteiger partial charge is 0.496 e. The van der Waals surface area contributed by atoms with Gasteiger partial charge in [0.15, 0.2) is 5.96 Å². The number of nitrogens with one attached hydrogen (secondary N) is 2. The number of hydrogen-bond donors (Lipinski definition) is 3. The number of methoxy groups -OCH3 is 1. The Morgan fingerprint density at radius 1 is 1.24 bits per heavy atom. The molecule has 0 saturated carbocycles. The highest BCUT2D eigenvalue weighted by atomic mass is 32.2. The lowest BCUT2D eigenvalue weighted by atomic mass is 10.2. The molecule has 9 heteroatoms. The van der Waals surface area contributed by atoms with Crippen LogP contribution in [0.3, 0.4) is 0 Å². The molecular weight excluding hydrogens is 360 g/mol. The van der Waals surface area contributed by atoms with Crippen LogP contribution in [0, 0.1) is 0 Å². The van der Waals surface area contributed by atoms with Crippen LogP contribution >= 0.6 is 11.3 Å². The summed E-state index contributed by atoms with van der Waals surface area (Å²) < 4.78 is 28.1. The SMILES string of the molecule is CCNC(=NCc1ccccc1OC)NCc1ccc(S(N)(=O)=O)s1. The van der Waals surface area contributed by atoms with Gasteiger partial charge < -0.3 is 15.4 Å². The maximum Gasteiger partial charge on any atom is 0.247 e. The quantitative estimate of drug-likeness (QED) is 0.499. The van der Waals surface area contributed by atoms with Gasteiger partial charge in [-0.3, -0.25) is 0 Å². The highest BCUT2D eigenvalue weighted by Gasteiger charge is 2.11. The Hall–Kier alpha value is -2.10. The maximum absolute atomic E-state index is 11.3. The third kappa shape index (κ3) is 5.73. The van der Waals surface area contributed by atoms with E-state index in [0.29, 0.717) is 25.6 Å². The monoisotopic (exact) mass is 382 g/mol. The van der Waals surface area contributed by atoms with Crippen LogP contribution in [0.2, 0.25) is 0 Å². The second-order valence-corrected chi connectivity index (χ2v) is 8.08. The van der Waals surface area contributed by atoms with Gasteiger partial charge in [0.05, 0.1) is 20.2 Å². The number of ether oxygens (including phenoxy) is 1. The molecule has 4 N–H and O–H groups in total. The van der Waals surface area contributed by atoms with Gasteiger partial charge in [0, 0.05) is 17.0 Å². The van der Waals surface area contributed by atoms with Gasteiger partial charge in [-0.15, -0.1) is 11.3 Å². The Bertz CT molecular complexity index is 831. The van der Waals surface area contributed by atoms with E-state index in [1.807, 2.05) is 31.2 Å². The Morgan fingerprint density at radius 3 is 2.64 bits per heavy atom. The number of primary sulfonamides is 1. The number of sulfonamides is 1. The van der Waals surface area contributed by atoms with Crippen molar-refractivity contribution >= 4 is 27.3 Å². The molecule has 0 atom stereocenters. The van der Waals surface area contributed by atoms with Crippen LogP contribution in [0.25, 0.3) is 0 Å². The number of aliphatic imine (C=N–C) groups is 1. The van der Waals surface area contributed by atoms with Gasteiger partial charge in [-0.1, -0.05) is 18.2 Å². The lowest BCUT2D eigenvalue weighted by Gasteiger charge is -2.11. The van der Waals surface area contributed by atoms with Crippen molar-refractivity contribution in [2.24, 2.45) is 10.1 Å². The summed E-state index contributed by atoms with van der Waals surface area (Å²) in [7, 11) is -2.02. The van der Waals surface area contributed by atoms with Gasteiger partial charge in [0.2, 0.25) is 10.0 Å². The van der Waals surface area contributed by atoms with Crippen LogP contribution in [-0.4, -0.2) is 28.0 Å². The zero-order valence-corrected chi connectivity index (χ0v) is 15.8. The Balaban J connectivity index is 2.04. The van der Waals surface area contributed by atoms with Gasteiger partial charge >= 0.3 is 0 Å². The molecule has 2 aromatic rings. The third-order valence-electron chi connectivity index (χ3n) is 3.29. The molecule has 0 aliphatic heterocycles. The number of benzene rings is 1. The first-order valence-corrected chi connectivity index (χ1v) is 10.1. The van der Waals surface area contributed by atoms with Crippen molar-refractivity contribution in [3.05, 3.63) is 46.8 Å². The van der Waals surface area contributed by atoms with Gasteiger partial charge in [-0.2, -0.15) is 0 Å². The van der Waals surface area contributed by atoms with Crippen molar-refractivity contribution in [3.8, 4) is 5.75 Å². The highest BCUT2D eigenvalue weighted by Crippen LogP contribution is 2.20. The number of para-hydroxylation sites is 1. The summed E-state index contributed by atoms with van der Waals surface area (Å²) in [6.07, 6.45) is 0. The standard InChI is InChI=1S/C16H22N4O3S2/c1-3-18-16(19-10-12-6-4-5-7-14(12)23-2)20-11-13-8-9-15(24-13)25(17,21)22/h4-9H,3,10-11H2,1-2H3,(H2,17,21,22)(H2,18,19,20). The molecule has 0 aliphatic carbocycles. The van der Waals surface area contributed by atoms with Crippen molar-refractivity contribution in [2.75, 3.05) is 13.7 Å². The molecule has 1 aromatic heterocycles. The number of hydrogen-bond acceptors (Lipinski definition) is 5. The maximum atomic E-state index is 11.3. The third-order valence-corrected chi connectivity index (χ3v) is 5.82. The van der Waals surface area contributed by atoms with Gasteiger partial charge in [0.25, 0.3) is 0 Å². The lowest BCUT2D eigenvalue weighted by Crippen LogP contribution is -2.36. The minimum atomic E-state index is -3.65. The molecule has 0 bridgehead atoms. The van der Waals surface area contributed by atoms with Crippen LogP contribution < -0.4 is 20.5 Å². The van der Waals surface area contributed by atoms with E-state index in [-0.39, 0.29) is 4.21 Å². The van der Waals surface area contributed by atoms with E-state index >= 15 is 0 Å². The van der Waals surface area contributed by atoms with Crippen LogP contribution in [0.5, 0.6) is 5.75 Å². The average Bonchev–Trinajstić information content (AvgIpc) is 3.07. The molecular formula is C16H22N4O3S2. The molecule has 136 valence electrons. The van der Waals surface area contributed by atoms with E-state index in [4.69, 9.17) is 9.88 Å². The molecule has 1 aromatic carbocycles. The van der Waals surface area contributed by atoms with E-state index in [1.165, 1.54) is 6.07 Å². The minimum absolute atomic E-state index is 0.153. The summed E-state index contributed by atoms with van der Waals surface area (Å²) in [5.41, 5.74) is 0.981. The normalized spacial score (nSPS) is 12.0. The molecule has 0 unspecified atom stereocenters. The predicted octanol–water partition coefficient (Wildman–Crippen LogP) is 1.66. The summed E-state index contributed by atoms with van der Waals surface area (Å²) >= 11 is 1.14. The zero-order chi connectivity index (χ0) is 18.3. The molecule has 1 heterocycles. The average molecular weight is 383 g/mol. The molecule has 7 nitrogen and oxygen atoms in total. The molecule has 0 radical (unpaired) electrons. The Labute approximate surface area is 152 Å². The van der Waals surface area contributed by atoms with Crippen molar-refractivity contribution in [2.45, 2.75) is 24.2 Å². The van der Waals surface area contributed by atoms with Crippen molar-refractivity contribution in [3.63, 3.8) is 0 Å². The highest BCUT2D eigenvalue weighted by molar-refractivity contribution is 7.91. The minimum Gasteiger partial charge on any atom is -0.496 e. The van der Waals surface area contributed by atoms with E-state index in [0.717, 1.165) is 27.5 Å². The summed E-state index contributed by atoms with van der Waals surface area (Å²) in [5.74, 6) is 1.43. The van der Waals surface area contributed by atoms with Crippen LogP contribution in [0.4, 0.5) is 0 Å². The number of nitrogens with zero attached hydrogens (tertiary/aromatic N) is 1. The predicted molar refractivity (Wildman–Crippen MR) is 100 cm³/mol. The summed E-state index contributed by atoms with van der Waals surface area (Å²) in [4.78, 5) is 5.39. The fourth-order valence-corrected chi connectivity index (χ4v) is 3.83. The summed E-state index contributed by atoms with van der Waals surface area (Å²) in [6.45, 7) is 3.61. The first-order chi connectivity index (χ1) is 11.9. The second-order valence-electron chi connectivity index (χ2n) is 5.13. The smallest absolute Gasteiger partial charge is 0.247 e. The van der Waals surface area contributed by atoms with Crippen molar-refractivity contribution in [1.29, 1.82) is 0 Å². The molecule has 0 spiro atoms. The fraction of sp³-hybridized carbons (Fsp3) is 0.312. The van der Waals surface area contributed by atoms with E-state index in [9.17, 15) is 8.42 Å². The van der Waals surface area contributed by atoms with Crippen LogP contribution in [0.15, 0.2) is 45.6 Å². The van der Waals surface area contributed by atoms with E-state index in [1.54, 1.807) is 13.2 Å². The van der Waals surface area contributed by atoms with Crippen LogP contribution in [0.1, 0.15) is 17.4 Å². The number of guanidine groups is 1. The Kier molecular flexibility index (Phi) is 6.80. The van der Waals surface area contributed by atoms with Gasteiger partial charge in [-0.25, -0.2) is 18.5 Å². The Morgan fingerprint density at radius 2 is 2.00 bits per heavy atom. The first kappa shape index (κ1) is 19.2. The molecule has 0 aliphatic rings. The van der Waals surface area contributed by atoms with Crippen molar-refractivity contribution in [1.82, 2.24) is 10.6 Å². The molecule has 25 heavy (non-hydrogen) atoms. The molecule has 0 saturated heterocycles. The number of nitrogens with two attached hydrogens (primary N) is 1. The van der Waals surface area contributed by atoms with Gasteiger partial charge in [0.1, 0.15) is 9.96 Å². The molecule has 2 rings (SSSR count). The second kappa shape index (κ2) is 8.84. The topological polar surface area (TPSA) is 106 Å². The number of thiophene rings is 1. The van der Waals surface area contributed by atoms with Crippen LogP contribution in [-0.2, 0) is 23.1 Å².